The Morgan fingerprint density at radius 1 is 1.64 bits per heavy atom. The standard InChI is InChI=1S/C5H10N4S2/c1-7-4-8-9-5(11-4)10-3-2-6/h2-3,6H2,1H3,(H,7,8). The smallest absolute Gasteiger partial charge is 0.206 e. The summed E-state index contributed by atoms with van der Waals surface area (Å²) in [4.78, 5) is 0. The van der Waals surface area contributed by atoms with Gasteiger partial charge in [0.2, 0.25) is 5.13 Å². The van der Waals surface area contributed by atoms with Crippen molar-refractivity contribution in [2.75, 3.05) is 24.7 Å². The Labute approximate surface area is 73.6 Å². The lowest BCUT2D eigenvalue weighted by molar-refractivity contribution is 1.01. The molecule has 0 amide bonds. The molecule has 0 radical (unpaired) electrons. The molecule has 0 fully saturated rings. The van der Waals surface area contributed by atoms with Crippen molar-refractivity contribution >= 4 is 28.2 Å². The molecule has 0 saturated carbocycles. The van der Waals surface area contributed by atoms with Crippen molar-refractivity contribution in [1.82, 2.24) is 10.2 Å². The maximum Gasteiger partial charge on any atom is 0.206 e. The van der Waals surface area contributed by atoms with Crippen LogP contribution in [0.15, 0.2) is 4.34 Å². The highest BCUT2D eigenvalue weighted by atomic mass is 32.2. The van der Waals surface area contributed by atoms with Crippen molar-refractivity contribution in [3.63, 3.8) is 0 Å². The van der Waals surface area contributed by atoms with Crippen LogP contribution in [0.4, 0.5) is 5.13 Å². The van der Waals surface area contributed by atoms with Gasteiger partial charge in [0, 0.05) is 19.3 Å². The third-order valence-corrected chi connectivity index (χ3v) is 3.07. The molecule has 1 heterocycles. The molecule has 0 bridgehead atoms. The molecule has 0 aliphatic carbocycles. The largest absolute Gasteiger partial charge is 0.363 e. The summed E-state index contributed by atoms with van der Waals surface area (Å²) in [6.07, 6.45) is 0. The first-order chi connectivity index (χ1) is 5.36. The van der Waals surface area contributed by atoms with Crippen LogP contribution >= 0.6 is 23.1 Å². The third-order valence-electron chi connectivity index (χ3n) is 0.964. The number of anilines is 1. The van der Waals surface area contributed by atoms with E-state index in [2.05, 4.69) is 15.5 Å². The first kappa shape index (κ1) is 8.76. The third kappa shape index (κ3) is 2.64. The average molecular weight is 190 g/mol. The Kier molecular flexibility index (Phi) is 3.61. The normalized spacial score (nSPS) is 10.0. The van der Waals surface area contributed by atoms with Crippen molar-refractivity contribution < 1.29 is 0 Å². The second kappa shape index (κ2) is 4.53. The molecule has 0 aromatic carbocycles. The van der Waals surface area contributed by atoms with Crippen LogP contribution in [-0.2, 0) is 0 Å². The van der Waals surface area contributed by atoms with Gasteiger partial charge < -0.3 is 11.1 Å². The van der Waals surface area contributed by atoms with Crippen LogP contribution in [-0.4, -0.2) is 29.5 Å². The minimum absolute atomic E-state index is 0.680. The summed E-state index contributed by atoms with van der Waals surface area (Å²) in [7, 11) is 1.83. The number of nitrogens with zero attached hydrogens (tertiary/aromatic N) is 2. The summed E-state index contributed by atoms with van der Waals surface area (Å²) in [5.41, 5.74) is 5.34. The van der Waals surface area contributed by atoms with E-state index in [-0.39, 0.29) is 0 Å². The van der Waals surface area contributed by atoms with Gasteiger partial charge in [0.25, 0.3) is 0 Å². The summed E-state index contributed by atoms with van der Waals surface area (Å²) in [6, 6.07) is 0. The summed E-state index contributed by atoms with van der Waals surface area (Å²) in [5, 5.41) is 11.6. The lowest BCUT2D eigenvalue weighted by Crippen LogP contribution is -2.00. The average Bonchev–Trinajstić information content (AvgIpc) is 2.48. The summed E-state index contributed by atoms with van der Waals surface area (Å²) in [6.45, 7) is 0.680. The predicted octanol–water partition coefficient (Wildman–Crippen LogP) is 0.631. The maximum atomic E-state index is 5.34. The van der Waals surface area contributed by atoms with Crippen LogP contribution in [0.1, 0.15) is 0 Å². The van der Waals surface area contributed by atoms with Gasteiger partial charge in [0.05, 0.1) is 0 Å². The van der Waals surface area contributed by atoms with E-state index in [4.69, 9.17) is 5.73 Å². The van der Waals surface area contributed by atoms with Gasteiger partial charge in [-0.2, -0.15) is 0 Å². The number of hydrogen-bond acceptors (Lipinski definition) is 6. The highest BCUT2D eigenvalue weighted by Gasteiger charge is 2.00. The van der Waals surface area contributed by atoms with Crippen molar-refractivity contribution in [2.24, 2.45) is 5.73 Å². The fraction of sp³-hybridized carbons (Fsp3) is 0.600. The van der Waals surface area contributed by atoms with Gasteiger partial charge in [-0.1, -0.05) is 23.1 Å². The molecule has 62 valence electrons. The number of nitrogens with two attached hydrogens (primary N) is 1. The Morgan fingerprint density at radius 3 is 3.00 bits per heavy atom. The quantitative estimate of drug-likeness (QED) is 0.682. The second-order valence-electron chi connectivity index (χ2n) is 1.76. The van der Waals surface area contributed by atoms with E-state index in [0.717, 1.165) is 15.2 Å². The molecule has 1 aromatic heterocycles. The molecular formula is C5H10N4S2. The minimum atomic E-state index is 0.680. The molecule has 1 aromatic rings. The fourth-order valence-electron chi connectivity index (χ4n) is 0.515. The zero-order chi connectivity index (χ0) is 8.10. The summed E-state index contributed by atoms with van der Waals surface area (Å²) in [5.74, 6) is 0.901. The molecule has 0 spiro atoms. The highest BCUT2D eigenvalue weighted by Crippen LogP contribution is 2.24. The molecule has 1 rings (SSSR count). The van der Waals surface area contributed by atoms with E-state index >= 15 is 0 Å². The molecule has 11 heavy (non-hydrogen) atoms. The maximum absolute atomic E-state index is 5.34. The molecular weight excluding hydrogens is 180 g/mol. The van der Waals surface area contributed by atoms with Crippen molar-refractivity contribution in [2.45, 2.75) is 4.34 Å². The van der Waals surface area contributed by atoms with Crippen LogP contribution in [0.5, 0.6) is 0 Å². The Hall–Kier alpha value is -0.330. The van der Waals surface area contributed by atoms with E-state index in [1.54, 1.807) is 23.1 Å². The number of aromatic nitrogens is 2. The molecule has 6 heteroatoms. The van der Waals surface area contributed by atoms with Gasteiger partial charge in [-0.3, -0.25) is 0 Å². The highest BCUT2D eigenvalue weighted by molar-refractivity contribution is 8.01. The first-order valence-corrected chi connectivity index (χ1v) is 5.01. The Morgan fingerprint density at radius 2 is 2.45 bits per heavy atom. The lowest BCUT2D eigenvalue weighted by atomic mass is 10.8. The first-order valence-electron chi connectivity index (χ1n) is 3.21. The van der Waals surface area contributed by atoms with Crippen molar-refractivity contribution in [3.05, 3.63) is 0 Å². The van der Waals surface area contributed by atoms with Gasteiger partial charge in [-0.25, -0.2) is 0 Å². The van der Waals surface area contributed by atoms with Gasteiger partial charge in [-0.05, 0) is 0 Å². The lowest BCUT2D eigenvalue weighted by Gasteiger charge is -1.89. The van der Waals surface area contributed by atoms with E-state index in [9.17, 15) is 0 Å². The van der Waals surface area contributed by atoms with Crippen LogP contribution in [0.25, 0.3) is 0 Å². The van der Waals surface area contributed by atoms with Crippen molar-refractivity contribution in [1.29, 1.82) is 0 Å². The van der Waals surface area contributed by atoms with Crippen LogP contribution in [0.2, 0.25) is 0 Å². The topological polar surface area (TPSA) is 63.8 Å². The number of nitrogens with one attached hydrogen (secondary N) is 1. The van der Waals surface area contributed by atoms with E-state index in [0.29, 0.717) is 6.54 Å². The van der Waals surface area contributed by atoms with E-state index in [1.807, 2.05) is 7.05 Å². The second-order valence-corrected chi connectivity index (χ2v) is 4.08. The molecule has 4 nitrogen and oxygen atoms in total. The monoisotopic (exact) mass is 190 g/mol. The van der Waals surface area contributed by atoms with E-state index in [1.165, 1.54) is 0 Å². The van der Waals surface area contributed by atoms with E-state index < -0.39 is 0 Å². The molecule has 0 unspecified atom stereocenters. The molecule has 0 aliphatic heterocycles. The minimum Gasteiger partial charge on any atom is -0.363 e. The Balaban J connectivity index is 2.44. The summed E-state index contributed by atoms with van der Waals surface area (Å²) < 4.78 is 0.972. The summed E-state index contributed by atoms with van der Waals surface area (Å²) >= 11 is 3.18. The molecule has 0 saturated heterocycles. The molecule has 0 aliphatic rings. The van der Waals surface area contributed by atoms with Gasteiger partial charge in [-0.15, -0.1) is 10.2 Å². The van der Waals surface area contributed by atoms with Crippen LogP contribution < -0.4 is 11.1 Å². The molecule has 3 N–H and O–H groups in total. The van der Waals surface area contributed by atoms with Crippen LogP contribution in [0.3, 0.4) is 0 Å². The predicted molar refractivity (Wildman–Crippen MR) is 49.2 cm³/mol. The molecule has 0 atom stereocenters. The SMILES string of the molecule is CNc1nnc(SCCN)s1. The van der Waals surface area contributed by atoms with Gasteiger partial charge in [0.15, 0.2) is 4.34 Å². The zero-order valence-electron chi connectivity index (χ0n) is 6.20. The number of thioether (sulfide) groups is 1. The number of hydrogen-bond donors (Lipinski definition) is 2. The van der Waals surface area contributed by atoms with Crippen LogP contribution in [0, 0.1) is 0 Å². The van der Waals surface area contributed by atoms with Gasteiger partial charge >= 0.3 is 0 Å². The Bertz CT molecular complexity index is 212. The zero-order valence-corrected chi connectivity index (χ0v) is 7.84. The number of rotatable bonds is 4. The van der Waals surface area contributed by atoms with Crippen molar-refractivity contribution in [3.8, 4) is 0 Å². The van der Waals surface area contributed by atoms with Gasteiger partial charge in [0.1, 0.15) is 0 Å². The fourth-order valence-corrected chi connectivity index (χ4v) is 2.06.